The lowest BCUT2D eigenvalue weighted by Crippen LogP contribution is -2.16. The number of ether oxygens (including phenoxy) is 2. The van der Waals surface area contributed by atoms with Crippen molar-refractivity contribution in [1.82, 2.24) is 24.5 Å². The summed E-state index contributed by atoms with van der Waals surface area (Å²) in [7, 11) is 1.22. The predicted molar refractivity (Wildman–Crippen MR) is 83.8 cm³/mol. The number of imidazole rings is 1. The van der Waals surface area contributed by atoms with E-state index in [1.165, 1.54) is 13.2 Å². The first-order valence-electron chi connectivity index (χ1n) is 7.80. The second-order valence-electron chi connectivity index (χ2n) is 5.74. The fourth-order valence-corrected chi connectivity index (χ4v) is 2.89. The Balaban J connectivity index is 1.69. The van der Waals surface area contributed by atoms with E-state index in [2.05, 4.69) is 15.3 Å². The van der Waals surface area contributed by atoms with Crippen LogP contribution in [0.4, 0.5) is 13.2 Å². The van der Waals surface area contributed by atoms with E-state index in [0.29, 0.717) is 36.1 Å². The summed E-state index contributed by atoms with van der Waals surface area (Å²) in [6.45, 7) is 0.819. The van der Waals surface area contributed by atoms with Crippen LogP contribution in [-0.4, -0.2) is 37.8 Å². The van der Waals surface area contributed by atoms with Crippen molar-refractivity contribution < 1.29 is 22.6 Å². The summed E-state index contributed by atoms with van der Waals surface area (Å²) >= 11 is 0. The van der Waals surface area contributed by atoms with Crippen LogP contribution in [0.2, 0.25) is 0 Å². The normalized spacial score (nSPS) is 13.8. The van der Waals surface area contributed by atoms with Gasteiger partial charge in [0.1, 0.15) is 24.7 Å². The maximum absolute atomic E-state index is 13.2. The second kappa shape index (κ2) is 6.04. The van der Waals surface area contributed by atoms with E-state index in [-0.39, 0.29) is 12.2 Å². The molecular weight excluding hydrogens is 351 g/mol. The van der Waals surface area contributed by atoms with Crippen LogP contribution < -0.4 is 9.47 Å². The summed E-state index contributed by atoms with van der Waals surface area (Å²) in [6, 6.07) is 5.30. The molecule has 7 nitrogen and oxygen atoms in total. The van der Waals surface area contributed by atoms with Crippen LogP contribution >= 0.6 is 0 Å². The fraction of sp³-hybridized carbons (Fsp3) is 0.312. The lowest BCUT2D eigenvalue weighted by Gasteiger charge is -2.19. The number of halogens is 3. The Kier molecular flexibility index (Phi) is 3.82. The molecule has 1 aromatic carbocycles. The van der Waals surface area contributed by atoms with Gasteiger partial charge in [-0.05, 0) is 18.2 Å². The number of aromatic nitrogens is 5. The minimum atomic E-state index is -4.54. The van der Waals surface area contributed by atoms with Crippen LogP contribution in [0.25, 0.3) is 11.4 Å². The molecular formula is C16H14F3N5O2. The molecule has 0 N–H and O–H groups in total. The van der Waals surface area contributed by atoms with Gasteiger partial charge >= 0.3 is 6.18 Å². The zero-order valence-electron chi connectivity index (χ0n) is 13.7. The van der Waals surface area contributed by atoms with Crippen molar-refractivity contribution >= 4 is 0 Å². The molecule has 0 unspecified atom stereocenters. The molecule has 10 heteroatoms. The van der Waals surface area contributed by atoms with E-state index in [1.54, 1.807) is 29.0 Å². The highest BCUT2D eigenvalue weighted by Gasteiger charge is 2.38. The Labute approximate surface area is 146 Å². The van der Waals surface area contributed by atoms with E-state index in [0.717, 1.165) is 4.68 Å². The molecule has 0 atom stereocenters. The van der Waals surface area contributed by atoms with Crippen LogP contribution in [0, 0.1) is 0 Å². The first kappa shape index (κ1) is 16.4. The predicted octanol–water partition coefficient (Wildman–Crippen LogP) is 2.52. The molecule has 0 saturated heterocycles. The highest BCUT2D eigenvalue weighted by molar-refractivity contribution is 5.62. The van der Waals surface area contributed by atoms with Gasteiger partial charge < -0.3 is 14.0 Å². The molecule has 0 radical (unpaired) electrons. The molecule has 0 fully saturated rings. The minimum absolute atomic E-state index is 0.105. The summed E-state index contributed by atoms with van der Waals surface area (Å²) in [5.74, 6) is 1.71. The van der Waals surface area contributed by atoms with E-state index < -0.39 is 11.9 Å². The Hall–Kier alpha value is -3.04. The van der Waals surface area contributed by atoms with Crippen molar-refractivity contribution in [2.45, 2.75) is 12.7 Å². The van der Waals surface area contributed by atoms with Gasteiger partial charge in [0.05, 0.1) is 6.54 Å². The van der Waals surface area contributed by atoms with Crippen LogP contribution in [0.15, 0.2) is 30.6 Å². The topological polar surface area (TPSA) is 67.0 Å². The maximum atomic E-state index is 13.2. The molecule has 1 aliphatic rings. The van der Waals surface area contributed by atoms with Crippen LogP contribution in [0.3, 0.4) is 0 Å². The van der Waals surface area contributed by atoms with E-state index in [9.17, 15) is 13.2 Å². The van der Waals surface area contributed by atoms with Crippen LogP contribution in [0.1, 0.15) is 11.4 Å². The van der Waals surface area contributed by atoms with Gasteiger partial charge in [-0.15, -0.1) is 5.10 Å². The zero-order valence-corrected chi connectivity index (χ0v) is 13.7. The molecule has 2 aromatic heterocycles. The monoisotopic (exact) mass is 365 g/mol. The highest BCUT2D eigenvalue weighted by atomic mass is 19.4. The van der Waals surface area contributed by atoms with Gasteiger partial charge in [0, 0.05) is 25.0 Å². The largest absolute Gasteiger partial charge is 0.486 e. The Bertz CT molecular complexity index is 948. The van der Waals surface area contributed by atoms with Crippen molar-refractivity contribution in [2.75, 3.05) is 13.2 Å². The van der Waals surface area contributed by atoms with Crippen molar-refractivity contribution in [1.29, 1.82) is 0 Å². The molecule has 0 spiro atoms. The molecule has 26 heavy (non-hydrogen) atoms. The van der Waals surface area contributed by atoms with Crippen molar-refractivity contribution in [3.63, 3.8) is 0 Å². The van der Waals surface area contributed by atoms with E-state index in [4.69, 9.17) is 9.47 Å². The third-order valence-corrected chi connectivity index (χ3v) is 4.00. The van der Waals surface area contributed by atoms with Crippen molar-refractivity contribution in [2.24, 2.45) is 7.05 Å². The van der Waals surface area contributed by atoms with Crippen LogP contribution in [0.5, 0.6) is 11.5 Å². The number of fused-ring (bicyclic) bond motifs is 1. The molecule has 136 valence electrons. The molecule has 3 heterocycles. The third kappa shape index (κ3) is 2.87. The quantitative estimate of drug-likeness (QED) is 0.714. The number of hydrogen-bond acceptors (Lipinski definition) is 5. The van der Waals surface area contributed by atoms with Crippen molar-refractivity contribution in [3.05, 3.63) is 42.0 Å². The van der Waals surface area contributed by atoms with Gasteiger partial charge in [-0.25, -0.2) is 9.67 Å². The second-order valence-corrected chi connectivity index (χ2v) is 5.74. The fourth-order valence-electron chi connectivity index (χ4n) is 2.89. The van der Waals surface area contributed by atoms with Gasteiger partial charge in [0.2, 0.25) is 0 Å². The molecule has 0 bridgehead atoms. The average Bonchev–Trinajstić information content (AvgIpc) is 3.21. The minimum Gasteiger partial charge on any atom is -0.486 e. The summed E-state index contributed by atoms with van der Waals surface area (Å²) in [5.41, 5.74) is -0.340. The lowest BCUT2D eigenvalue weighted by atomic mass is 10.1. The summed E-state index contributed by atoms with van der Waals surface area (Å²) in [6.07, 6.45) is -1.41. The van der Waals surface area contributed by atoms with Gasteiger partial charge in [-0.1, -0.05) is 5.21 Å². The molecule has 4 rings (SSSR count). The van der Waals surface area contributed by atoms with Crippen LogP contribution in [-0.2, 0) is 19.8 Å². The first-order chi connectivity index (χ1) is 12.4. The zero-order chi connectivity index (χ0) is 18.3. The Morgan fingerprint density at radius 1 is 1.15 bits per heavy atom. The number of alkyl halides is 3. The average molecular weight is 365 g/mol. The standard InChI is InChI=1S/C16H14F3N5O2/c1-23-14(16(17,18)19)11(21-22-23)9-24-5-4-20-15(24)10-2-3-12-13(8-10)26-7-6-25-12/h2-5,8H,6-7,9H2,1H3. The third-order valence-electron chi connectivity index (χ3n) is 4.00. The maximum Gasteiger partial charge on any atom is 0.434 e. The number of benzene rings is 1. The molecule has 1 aliphatic heterocycles. The number of aryl methyl sites for hydroxylation is 1. The molecule has 0 saturated carbocycles. The smallest absolute Gasteiger partial charge is 0.434 e. The summed E-state index contributed by atoms with van der Waals surface area (Å²) < 4.78 is 53.0. The lowest BCUT2D eigenvalue weighted by molar-refractivity contribution is -0.144. The Morgan fingerprint density at radius 3 is 2.69 bits per heavy atom. The number of nitrogens with zero attached hydrogens (tertiary/aromatic N) is 5. The van der Waals surface area contributed by atoms with Gasteiger partial charge in [-0.2, -0.15) is 13.2 Å². The van der Waals surface area contributed by atoms with Gasteiger partial charge in [0.15, 0.2) is 17.2 Å². The summed E-state index contributed by atoms with van der Waals surface area (Å²) in [5, 5.41) is 7.16. The molecule has 3 aromatic rings. The Morgan fingerprint density at radius 2 is 1.92 bits per heavy atom. The van der Waals surface area contributed by atoms with Gasteiger partial charge in [-0.3, -0.25) is 0 Å². The van der Waals surface area contributed by atoms with E-state index in [1.807, 2.05) is 0 Å². The van der Waals surface area contributed by atoms with Crippen molar-refractivity contribution in [3.8, 4) is 22.9 Å². The van der Waals surface area contributed by atoms with E-state index >= 15 is 0 Å². The summed E-state index contributed by atoms with van der Waals surface area (Å²) in [4.78, 5) is 4.26. The molecule has 0 amide bonds. The highest BCUT2D eigenvalue weighted by Crippen LogP contribution is 2.35. The number of rotatable bonds is 3. The number of hydrogen-bond donors (Lipinski definition) is 0. The van der Waals surface area contributed by atoms with Gasteiger partial charge in [0.25, 0.3) is 0 Å². The molecule has 0 aliphatic carbocycles. The SMILES string of the molecule is Cn1nnc(Cn2ccnc2-c2ccc3c(c2)OCCO3)c1C(F)(F)F. The first-order valence-corrected chi connectivity index (χ1v) is 7.80.